The van der Waals surface area contributed by atoms with Crippen molar-refractivity contribution in [1.29, 1.82) is 0 Å². The second-order valence-corrected chi connectivity index (χ2v) is 8.25. The third-order valence-corrected chi connectivity index (χ3v) is 6.36. The Kier molecular flexibility index (Phi) is 5.76. The first-order valence-corrected chi connectivity index (χ1v) is 11.1. The van der Waals surface area contributed by atoms with Crippen molar-refractivity contribution in [3.63, 3.8) is 0 Å². The fourth-order valence-corrected chi connectivity index (χ4v) is 4.65. The predicted molar refractivity (Wildman–Crippen MR) is 132 cm³/mol. The van der Waals surface area contributed by atoms with E-state index in [0.29, 0.717) is 24.6 Å². The summed E-state index contributed by atoms with van der Waals surface area (Å²) in [7, 11) is 5.25. The Hall–Kier alpha value is -4.13. The molecule has 0 saturated carbocycles. The lowest BCUT2D eigenvalue weighted by Gasteiger charge is -2.28. The largest absolute Gasteiger partial charge is 0.493 e. The van der Waals surface area contributed by atoms with Gasteiger partial charge in [0.2, 0.25) is 5.91 Å². The molecule has 0 bridgehead atoms. The number of carbonyl (C=O) groups is 1. The molecule has 0 spiro atoms. The molecule has 0 atom stereocenters. The molecule has 34 heavy (non-hydrogen) atoms. The molecule has 7 heteroatoms. The van der Waals surface area contributed by atoms with Crippen LogP contribution in [-0.4, -0.2) is 46.1 Å². The standard InChI is InChI=1S/C27H26N4O3/c1-30-26(18-8-12-28-13-9-18)21(22-5-4-11-29-27(22)30)6-7-25(32)31-14-10-19-15-23(33-2)24(34-3)16-20(19)17-31/h4-9,11-13,15-16H,10,14,17H2,1-3H3/b7-6+. The van der Waals surface area contributed by atoms with E-state index in [1.807, 2.05) is 54.4 Å². The summed E-state index contributed by atoms with van der Waals surface area (Å²) in [5, 5.41) is 1.00. The minimum Gasteiger partial charge on any atom is -0.493 e. The number of hydrogen-bond donors (Lipinski definition) is 0. The van der Waals surface area contributed by atoms with E-state index < -0.39 is 0 Å². The van der Waals surface area contributed by atoms with Gasteiger partial charge in [-0.25, -0.2) is 4.98 Å². The van der Waals surface area contributed by atoms with Crippen molar-refractivity contribution < 1.29 is 14.3 Å². The molecular weight excluding hydrogens is 428 g/mol. The molecule has 0 aliphatic carbocycles. The van der Waals surface area contributed by atoms with Crippen LogP contribution in [0.3, 0.4) is 0 Å². The molecule has 3 aromatic heterocycles. The van der Waals surface area contributed by atoms with Crippen LogP contribution in [0, 0.1) is 0 Å². The van der Waals surface area contributed by atoms with Crippen LogP contribution in [0.5, 0.6) is 11.5 Å². The van der Waals surface area contributed by atoms with Gasteiger partial charge in [0.15, 0.2) is 11.5 Å². The topological polar surface area (TPSA) is 69.5 Å². The SMILES string of the molecule is COc1cc2c(cc1OC)CN(C(=O)/C=C/c1c(-c3ccncc3)n(C)c3ncccc13)CC2. The quantitative estimate of drug-likeness (QED) is 0.422. The smallest absolute Gasteiger partial charge is 0.246 e. The van der Waals surface area contributed by atoms with Crippen LogP contribution in [0.2, 0.25) is 0 Å². The highest BCUT2D eigenvalue weighted by Gasteiger charge is 2.22. The van der Waals surface area contributed by atoms with Gasteiger partial charge in [-0.2, -0.15) is 0 Å². The lowest BCUT2D eigenvalue weighted by atomic mass is 9.98. The van der Waals surface area contributed by atoms with Gasteiger partial charge in [0.05, 0.1) is 19.9 Å². The number of rotatable bonds is 5. The van der Waals surface area contributed by atoms with E-state index in [4.69, 9.17) is 9.47 Å². The van der Waals surface area contributed by atoms with Crippen LogP contribution < -0.4 is 9.47 Å². The van der Waals surface area contributed by atoms with Crippen LogP contribution in [-0.2, 0) is 24.8 Å². The second kappa shape index (κ2) is 9.02. The van der Waals surface area contributed by atoms with Gasteiger partial charge in [-0.1, -0.05) is 0 Å². The molecule has 4 heterocycles. The molecule has 172 valence electrons. The van der Waals surface area contributed by atoms with Crippen LogP contribution in [0.1, 0.15) is 16.7 Å². The zero-order chi connectivity index (χ0) is 23.7. The van der Waals surface area contributed by atoms with Crippen LogP contribution >= 0.6 is 0 Å². The average molecular weight is 455 g/mol. The Morgan fingerprint density at radius 1 is 1.03 bits per heavy atom. The summed E-state index contributed by atoms with van der Waals surface area (Å²) in [4.78, 5) is 23.8. The molecule has 1 aliphatic heterocycles. The Balaban J connectivity index is 1.46. The van der Waals surface area contributed by atoms with E-state index in [0.717, 1.165) is 39.8 Å². The molecule has 0 unspecified atom stereocenters. The first-order chi connectivity index (χ1) is 16.6. The number of fused-ring (bicyclic) bond motifs is 2. The normalized spacial score (nSPS) is 13.3. The van der Waals surface area contributed by atoms with Crippen molar-refractivity contribution in [3.05, 3.63) is 77.8 Å². The van der Waals surface area contributed by atoms with Crippen LogP contribution in [0.4, 0.5) is 0 Å². The number of hydrogen-bond acceptors (Lipinski definition) is 5. The monoisotopic (exact) mass is 454 g/mol. The number of ether oxygens (including phenoxy) is 2. The van der Waals surface area contributed by atoms with Crippen molar-refractivity contribution in [1.82, 2.24) is 19.4 Å². The van der Waals surface area contributed by atoms with Crippen LogP contribution in [0.25, 0.3) is 28.4 Å². The van der Waals surface area contributed by atoms with Gasteiger partial charge in [0.25, 0.3) is 0 Å². The number of carbonyl (C=O) groups excluding carboxylic acids is 1. The Morgan fingerprint density at radius 3 is 2.50 bits per heavy atom. The summed E-state index contributed by atoms with van der Waals surface area (Å²) >= 11 is 0. The number of amides is 1. The van der Waals surface area contributed by atoms with Gasteiger partial charge in [0.1, 0.15) is 5.65 Å². The van der Waals surface area contributed by atoms with Gasteiger partial charge >= 0.3 is 0 Å². The summed E-state index contributed by atoms with van der Waals surface area (Å²) in [6.45, 7) is 1.19. The highest BCUT2D eigenvalue weighted by Crippen LogP contribution is 2.34. The van der Waals surface area contributed by atoms with E-state index in [1.54, 1.807) is 38.9 Å². The maximum Gasteiger partial charge on any atom is 0.246 e. The van der Waals surface area contributed by atoms with Gasteiger partial charge in [-0.05, 0) is 60.0 Å². The maximum atomic E-state index is 13.2. The average Bonchev–Trinajstić information content (AvgIpc) is 3.18. The van der Waals surface area contributed by atoms with E-state index in [-0.39, 0.29) is 5.91 Å². The minimum absolute atomic E-state index is 0.0259. The number of aryl methyl sites for hydroxylation is 1. The molecule has 0 radical (unpaired) electrons. The summed E-state index contributed by atoms with van der Waals surface area (Å²) in [6.07, 6.45) is 9.67. The number of aromatic nitrogens is 3. The second-order valence-electron chi connectivity index (χ2n) is 8.25. The van der Waals surface area contributed by atoms with Crippen molar-refractivity contribution in [2.45, 2.75) is 13.0 Å². The Labute approximate surface area is 198 Å². The number of nitrogens with zero attached hydrogens (tertiary/aromatic N) is 4. The molecule has 1 amide bonds. The lowest BCUT2D eigenvalue weighted by molar-refractivity contribution is -0.126. The van der Waals surface area contributed by atoms with E-state index in [2.05, 4.69) is 14.5 Å². The number of pyridine rings is 2. The number of methoxy groups -OCH3 is 2. The van der Waals surface area contributed by atoms with Crippen molar-refractivity contribution in [3.8, 4) is 22.8 Å². The van der Waals surface area contributed by atoms with Gasteiger partial charge in [-0.3, -0.25) is 9.78 Å². The molecule has 0 N–H and O–H groups in total. The van der Waals surface area contributed by atoms with E-state index >= 15 is 0 Å². The Morgan fingerprint density at radius 2 is 1.76 bits per heavy atom. The third-order valence-electron chi connectivity index (χ3n) is 6.36. The third kappa shape index (κ3) is 3.79. The summed E-state index contributed by atoms with van der Waals surface area (Å²) in [5.74, 6) is 1.37. The maximum absolute atomic E-state index is 13.2. The number of benzene rings is 1. The lowest BCUT2D eigenvalue weighted by Crippen LogP contribution is -2.34. The van der Waals surface area contributed by atoms with Crippen molar-refractivity contribution >= 4 is 23.0 Å². The molecule has 0 saturated heterocycles. The van der Waals surface area contributed by atoms with Crippen molar-refractivity contribution in [2.24, 2.45) is 7.05 Å². The van der Waals surface area contributed by atoms with Gasteiger partial charge in [-0.15, -0.1) is 0 Å². The zero-order valence-electron chi connectivity index (χ0n) is 19.5. The van der Waals surface area contributed by atoms with Crippen LogP contribution in [0.15, 0.2) is 61.1 Å². The predicted octanol–water partition coefficient (Wildman–Crippen LogP) is 4.25. The molecule has 4 aromatic rings. The highest BCUT2D eigenvalue weighted by atomic mass is 16.5. The first-order valence-electron chi connectivity index (χ1n) is 11.1. The Bertz CT molecular complexity index is 1390. The highest BCUT2D eigenvalue weighted by molar-refractivity contribution is 6.00. The summed E-state index contributed by atoms with van der Waals surface area (Å²) in [5.41, 5.74) is 6.13. The zero-order valence-corrected chi connectivity index (χ0v) is 19.5. The first kappa shape index (κ1) is 21.7. The molecule has 7 nitrogen and oxygen atoms in total. The van der Waals surface area contributed by atoms with E-state index in [9.17, 15) is 4.79 Å². The molecule has 0 fully saturated rings. The summed E-state index contributed by atoms with van der Waals surface area (Å²) < 4.78 is 12.9. The van der Waals surface area contributed by atoms with Crippen molar-refractivity contribution in [2.75, 3.05) is 20.8 Å². The summed E-state index contributed by atoms with van der Waals surface area (Å²) in [6, 6.07) is 11.9. The van der Waals surface area contributed by atoms with Gasteiger partial charge < -0.3 is 18.9 Å². The molecular formula is C27H26N4O3. The van der Waals surface area contributed by atoms with Gasteiger partial charge in [0, 0.05) is 61.3 Å². The molecule has 5 rings (SSSR count). The van der Waals surface area contributed by atoms with E-state index in [1.165, 1.54) is 5.56 Å². The minimum atomic E-state index is -0.0259. The molecule has 1 aromatic carbocycles. The fraction of sp³-hybridized carbons (Fsp3) is 0.222. The fourth-order valence-electron chi connectivity index (χ4n) is 4.65. The molecule has 1 aliphatic rings.